The molecule has 1 N–H and O–H groups in total. The van der Waals surface area contributed by atoms with E-state index in [4.69, 9.17) is 0 Å². The van der Waals surface area contributed by atoms with Crippen LogP contribution in [0.15, 0.2) is 54.9 Å². The van der Waals surface area contributed by atoms with Crippen LogP contribution in [0.25, 0.3) is 0 Å². The van der Waals surface area contributed by atoms with Crippen molar-refractivity contribution in [2.45, 2.75) is 12.0 Å². The predicted molar refractivity (Wildman–Crippen MR) is 83.8 cm³/mol. The lowest BCUT2D eigenvalue weighted by molar-refractivity contribution is -0.713. The van der Waals surface area contributed by atoms with Gasteiger partial charge in [-0.25, -0.2) is 0 Å². The van der Waals surface area contributed by atoms with Gasteiger partial charge in [0, 0.05) is 24.3 Å². The van der Waals surface area contributed by atoms with Crippen LogP contribution < -0.4 is 9.88 Å². The number of hydrogen-bond donors (Lipinski definition) is 1. The number of nitro groups is 1. The molecule has 8 nitrogen and oxygen atoms in total. The third-order valence-electron chi connectivity index (χ3n) is 4.18. The SMILES string of the molecule is N#C[C@@H]1C(=O)NC(=O)[C@@H]([n+]2ccccc2)[C@H]1c1ccc([N+](=O)[O-])cc1. The Balaban J connectivity index is 2.11. The number of nitrogens with one attached hydrogen (secondary N) is 1. The van der Waals surface area contributed by atoms with Gasteiger partial charge in [-0.15, -0.1) is 0 Å². The number of nitrogens with zero attached hydrogens (tertiary/aromatic N) is 3. The number of benzene rings is 1. The van der Waals surface area contributed by atoms with E-state index in [1.54, 1.807) is 35.2 Å². The summed E-state index contributed by atoms with van der Waals surface area (Å²) in [6.07, 6.45) is 3.35. The largest absolute Gasteiger partial charge is 0.296 e. The summed E-state index contributed by atoms with van der Waals surface area (Å²) in [4.78, 5) is 34.9. The molecule has 1 fully saturated rings. The number of rotatable bonds is 3. The number of pyridine rings is 1. The van der Waals surface area contributed by atoms with Crippen LogP contribution >= 0.6 is 0 Å². The fraction of sp³-hybridized carbons (Fsp3) is 0.176. The molecule has 1 aromatic carbocycles. The summed E-state index contributed by atoms with van der Waals surface area (Å²) in [5, 5.41) is 22.5. The van der Waals surface area contributed by atoms with Crippen LogP contribution in [0.5, 0.6) is 0 Å². The highest BCUT2D eigenvalue weighted by Gasteiger charge is 2.50. The topological polar surface area (TPSA) is 117 Å². The standard InChI is InChI=1S/C17H12N4O4/c18-10-13-14(11-4-6-12(7-5-11)21(24)25)15(17(23)19-16(13)22)20-8-2-1-3-9-20/h1-9,13-15H/p+1/t13-,14-,15-/m0/s1. The molecule has 124 valence electrons. The lowest BCUT2D eigenvalue weighted by Crippen LogP contribution is -2.59. The molecule has 0 radical (unpaired) electrons. The van der Waals surface area contributed by atoms with Gasteiger partial charge in [0.05, 0.1) is 16.9 Å². The Morgan fingerprint density at radius 3 is 2.28 bits per heavy atom. The van der Waals surface area contributed by atoms with Crippen LogP contribution in [0, 0.1) is 27.4 Å². The number of amides is 2. The molecule has 3 atom stereocenters. The highest BCUT2D eigenvalue weighted by Crippen LogP contribution is 2.36. The molecular formula is C17H13N4O4+. The Morgan fingerprint density at radius 1 is 1.08 bits per heavy atom. The predicted octanol–water partition coefficient (Wildman–Crippen LogP) is 1.00. The third kappa shape index (κ3) is 2.95. The van der Waals surface area contributed by atoms with E-state index in [1.807, 2.05) is 6.07 Å². The molecular weight excluding hydrogens is 324 g/mol. The van der Waals surface area contributed by atoms with Crippen LogP contribution in [0.3, 0.4) is 0 Å². The molecule has 1 saturated heterocycles. The Hall–Kier alpha value is -3.60. The highest BCUT2D eigenvalue weighted by molar-refractivity contribution is 6.02. The van der Waals surface area contributed by atoms with E-state index in [0.717, 1.165) is 0 Å². The second-order valence-corrected chi connectivity index (χ2v) is 5.60. The molecule has 0 aliphatic carbocycles. The maximum atomic E-state index is 12.5. The second kappa shape index (κ2) is 6.49. The van der Waals surface area contributed by atoms with Crippen LogP contribution in [0.4, 0.5) is 5.69 Å². The van der Waals surface area contributed by atoms with Gasteiger partial charge >= 0.3 is 0 Å². The van der Waals surface area contributed by atoms with E-state index in [-0.39, 0.29) is 5.69 Å². The normalized spacial score (nSPS) is 22.8. The Bertz CT molecular complexity index is 874. The number of carbonyl (C=O) groups excluding carboxylic acids is 2. The second-order valence-electron chi connectivity index (χ2n) is 5.60. The average molecular weight is 337 g/mol. The van der Waals surface area contributed by atoms with Crippen LogP contribution in [-0.2, 0) is 9.59 Å². The van der Waals surface area contributed by atoms with Crippen molar-refractivity contribution < 1.29 is 19.1 Å². The number of hydrogen-bond acceptors (Lipinski definition) is 5. The maximum Gasteiger partial charge on any atom is 0.296 e. The average Bonchev–Trinajstić information content (AvgIpc) is 2.62. The fourth-order valence-electron chi connectivity index (χ4n) is 3.03. The lowest BCUT2D eigenvalue weighted by Gasteiger charge is -2.29. The number of piperidine rings is 1. The first-order chi connectivity index (χ1) is 12.0. The van der Waals surface area contributed by atoms with Crippen molar-refractivity contribution in [3.63, 3.8) is 0 Å². The van der Waals surface area contributed by atoms with E-state index in [2.05, 4.69) is 5.32 Å². The zero-order chi connectivity index (χ0) is 18.0. The zero-order valence-corrected chi connectivity index (χ0v) is 12.9. The number of non-ortho nitro benzene ring substituents is 1. The number of nitro benzene ring substituents is 1. The van der Waals surface area contributed by atoms with E-state index in [0.29, 0.717) is 5.56 Å². The molecule has 2 heterocycles. The maximum absolute atomic E-state index is 12.5. The number of aromatic nitrogens is 1. The number of carbonyl (C=O) groups is 2. The molecule has 2 aromatic rings. The number of nitriles is 1. The first-order valence-corrected chi connectivity index (χ1v) is 7.47. The van der Waals surface area contributed by atoms with Crippen molar-refractivity contribution in [1.82, 2.24) is 5.32 Å². The van der Waals surface area contributed by atoms with Gasteiger partial charge in [-0.1, -0.05) is 18.2 Å². The van der Waals surface area contributed by atoms with Gasteiger partial charge in [-0.05, 0) is 5.56 Å². The molecule has 25 heavy (non-hydrogen) atoms. The third-order valence-corrected chi connectivity index (χ3v) is 4.18. The smallest absolute Gasteiger partial charge is 0.289 e. The summed E-state index contributed by atoms with van der Waals surface area (Å²) in [6, 6.07) is 11.9. The van der Waals surface area contributed by atoms with E-state index < -0.39 is 34.6 Å². The van der Waals surface area contributed by atoms with Gasteiger partial charge in [0.2, 0.25) is 11.9 Å². The lowest BCUT2D eigenvalue weighted by atomic mass is 9.77. The molecule has 1 aliphatic rings. The molecule has 1 aromatic heterocycles. The molecule has 0 spiro atoms. The Labute approximate surface area is 142 Å². The molecule has 3 rings (SSSR count). The summed E-state index contributed by atoms with van der Waals surface area (Å²) < 4.78 is 1.62. The van der Waals surface area contributed by atoms with Crippen LogP contribution in [-0.4, -0.2) is 16.7 Å². The van der Waals surface area contributed by atoms with E-state index in [9.17, 15) is 25.0 Å². The van der Waals surface area contributed by atoms with Crippen molar-refractivity contribution in [2.75, 3.05) is 0 Å². The number of imide groups is 1. The van der Waals surface area contributed by atoms with Crippen molar-refractivity contribution in [2.24, 2.45) is 5.92 Å². The Morgan fingerprint density at radius 2 is 1.72 bits per heavy atom. The van der Waals surface area contributed by atoms with Crippen molar-refractivity contribution >= 4 is 17.5 Å². The summed E-state index contributed by atoms with van der Waals surface area (Å²) >= 11 is 0. The minimum Gasteiger partial charge on any atom is -0.289 e. The van der Waals surface area contributed by atoms with Gasteiger partial charge < -0.3 is 0 Å². The molecule has 1 aliphatic heterocycles. The molecule has 2 amide bonds. The Kier molecular flexibility index (Phi) is 4.22. The van der Waals surface area contributed by atoms with Crippen LogP contribution in [0.2, 0.25) is 0 Å². The summed E-state index contributed by atoms with van der Waals surface area (Å²) in [6.45, 7) is 0. The summed E-state index contributed by atoms with van der Waals surface area (Å²) in [7, 11) is 0. The quantitative estimate of drug-likeness (QED) is 0.388. The van der Waals surface area contributed by atoms with Crippen molar-refractivity contribution in [1.29, 1.82) is 5.26 Å². The van der Waals surface area contributed by atoms with E-state index in [1.165, 1.54) is 24.3 Å². The summed E-state index contributed by atoms with van der Waals surface area (Å²) in [5.74, 6) is -3.02. The van der Waals surface area contributed by atoms with Crippen molar-refractivity contribution in [3.8, 4) is 6.07 Å². The van der Waals surface area contributed by atoms with Crippen LogP contribution in [0.1, 0.15) is 17.5 Å². The van der Waals surface area contributed by atoms with E-state index >= 15 is 0 Å². The van der Waals surface area contributed by atoms with Gasteiger partial charge in [0.15, 0.2) is 12.4 Å². The first kappa shape index (κ1) is 16.3. The van der Waals surface area contributed by atoms with Gasteiger partial charge in [-0.3, -0.25) is 25.0 Å². The highest BCUT2D eigenvalue weighted by atomic mass is 16.6. The van der Waals surface area contributed by atoms with Gasteiger partial charge in [0.1, 0.15) is 5.92 Å². The fourth-order valence-corrected chi connectivity index (χ4v) is 3.03. The zero-order valence-electron chi connectivity index (χ0n) is 12.9. The monoisotopic (exact) mass is 337 g/mol. The molecule has 8 heteroatoms. The summed E-state index contributed by atoms with van der Waals surface area (Å²) in [5.41, 5.74) is 0.412. The molecule has 0 unspecified atom stereocenters. The van der Waals surface area contributed by atoms with Gasteiger partial charge in [0.25, 0.3) is 11.6 Å². The first-order valence-electron chi connectivity index (χ1n) is 7.47. The van der Waals surface area contributed by atoms with Gasteiger partial charge in [-0.2, -0.15) is 9.83 Å². The minimum absolute atomic E-state index is 0.104. The molecule has 0 bridgehead atoms. The minimum atomic E-state index is -1.09. The van der Waals surface area contributed by atoms with Crippen molar-refractivity contribution in [3.05, 3.63) is 70.5 Å². The molecule has 0 saturated carbocycles.